The maximum Gasteiger partial charge on any atom is 0.339 e. The van der Waals surface area contributed by atoms with Crippen LogP contribution < -0.4 is 5.32 Å². The molecule has 0 aromatic carbocycles. The Hall–Kier alpha value is -1.68. The number of methoxy groups -OCH3 is 1. The van der Waals surface area contributed by atoms with Gasteiger partial charge in [0.25, 0.3) is 0 Å². The number of carbonyl (C=O) groups is 1. The van der Waals surface area contributed by atoms with Crippen molar-refractivity contribution >= 4 is 12.0 Å². The summed E-state index contributed by atoms with van der Waals surface area (Å²) in [6.07, 6.45) is 6.44. The van der Waals surface area contributed by atoms with E-state index in [1.807, 2.05) is 19.2 Å². The summed E-state index contributed by atoms with van der Waals surface area (Å²) in [6, 6.07) is 3.50. The quantitative estimate of drug-likeness (QED) is 0.603. The predicted octanol–water partition coefficient (Wildman–Crippen LogP) is 1.49. The van der Waals surface area contributed by atoms with Crippen LogP contribution in [0.2, 0.25) is 0 Å². The van der Waals surface area contributed by atoms with E-state index in [2.05, 4.69) is 15.0 Å². The van der Waals surface area contributed by atoms with Gasteiger partial charge in [-0.25, -0.2) is 4.79 Å². The smallest absolute Gasteiger partial charge is 0.339 e. The molecule has 0 radical (unpaired) electrons. The molecule has 0 aliphatic heterocycles. The van der Waals surface area contributed by atoms with E-state index in [0.717, 1.165) is 18.7 Å². The van der Waals surface area contributed by atoms with Crippen LogP contribution in [0.5, 0.6) is 0 Å². The molecule has 0 saturated carbocycles. The Morgan fingerprint density at radius 1 is 1.56 bits per heavy atom. The summed E-state index contributed by atoms with van der Waals surface area (Å²) in [6.45, 7) is 0.941. The molecule has 0 bridgehead atoms. The Morgan fingerprint density at radius 2 is 2.38 bits per heavy atom. The average molecular weight is 220 g/mol. The van der Waals surface area contributed by atoms with Crippen molar-refractivity contribution in [1.82, 2.24) is 10.3 Å². The molecule has 1 N–H and O–H groups in total. The number of hydrogen-bond donors (Lipinski definition) is 1. The lowest BCUT2D eigenvalue weighted by atomic mass is 10.2. The third kappa shape index (κ3) is 3.82. The van der Waals surface area contributed by atoms with Crippen LogP contribution in [0.1, 0.15) is 22.5 Å². The molecule has 0 atom stereocenters. The molecule has 0 unspecified atom stereocenters. The maximum atomic E-state index is 11.1. The van der Waals surface area contributed by atoms with Gasteiger partial charge in [0, 0.05) is 6.20 Å². The average Bonchev–Trinajstić information content (AvgIpc) is 2.34. The van der Waals surface area contributed by atoms with Gasteiger partial charge in [0.2, 0.25) is 0 Å². The molecule has 0 aliphatic carbocycles. The van der Waals surface area contributed by atoms with Crippen molar-refractivity contribution in [2.24, 2.45) is 0 Å². The SMILES string of the molecule is CNCCC=Cc1ccc(C(=O)OC)cn1. The molecule has 1 rings (SSSR count). The Balaban J connectivity index is 2.57. The Bertz CT molecular complexity index is 358. The first kappa shape index (κ1) is 12.4. The largest absolute Gasteiger partial charge is 0.465 e. The van der Waals surface area contributed by atoms with Gasteiger partial charge in [0.05, 0.1) is 18.4 Å². The van der Waals surface area contributed by atoms with Crippen molar-refractivity contribution in [3.8, 4) is 0 Å². The van der Waals surface area contributed by atoms with Gasteiger partial charge in [-0.2, -0.15) is 0 Å². The minimum absolute atomic E-state index is 0.363. The lowest BCUT2D eigenvalue weighted by Gasteiger charge is -1.98. The fraction of sp³-hybridized carbons (Fsp3) is 0.333. The minimum atomic E-state index is -0.363. The molecule has 86 valence electrons. The van der Waals surface area contributed by atoms with E-state index in [1.54, 1.807) is 12.1 Å². The number of aromatic nitrogens is 1. The fourth-order valence-corrected chi connectivity index (χ4v) is 1.17. The second kappa shape index (κ2) is 6.74. The summed E-state index contributed by atoms with van der Waals surface area (Å²) in [5.74, 6) is -0.363. The van der Waals surface area contributed by atoms with E-state index in [1.165, 1.54) is 13.3 Å². The second-order valence-corrected chi connectivity index (χ2v) is 3.26. The number of ether oxygens (including phenoxy) is 1. The van der Waals surface area contributed by atoms with Gasteiger partial charge < -0.3 is 10.1 Å². The topological polar surface area (TPSA) is 51.2 Å². The lowest BCUT2D eigenvalue weighted by Crippen LogP contribution is -2.05. The normalized spacial score (nSPS) is 10.6. The van der Waals surface area contributed by atoms with Crippen molar-refractivity contribution in [2.45, 2.75) is 6.42 Å². The predicted molar refractivity (Wildman–Crippen MR) is 63.2 cm³/mol. The molecule has 0 saturated heterocycles. The van der Waals surface area contributed by atoms with Gasteiger partial charge in [-0.05, 0) is 38.2 Å². The molecular formula is C12H16N2O2. The van der Waals surface area contributed by atoms with Gasteiger partial charge >= 0.3 is 5.97 Å². The van der Waals surface area contributed by atoms with Crippen molar-refractivity contribution < 1.29 is 9.53 Å². The Kier molecular flexibility index (Phi) is 5.22. The highest BCUT2D eigenvalue weighted by Gasteiger charge is 2.03. The van der Waals surface area contributed by atoms with E-state index in [-0.39, 0.29) is 5.97 Å². The van der Waals surface area contributed by atoms with Crippen LogP contribution in [-0.2, 0) is 4.74 Å². The van der Waals surface area contributed by atoms with Crippen LogP contribution in [0, 0.1) is 0 Å². The third-order valence-electron chi connectivity index (χ3n) is 2.06. The molecule has 0 aliphatic rings. The molecule has 0 spiro atoms. The van der Waals surface area contributed by atoms with Crippen LogP contribution in [0.4, 0.5) is 0 Å². The fourth-order valence-electron chi connectivity index (χ4n) is 1.17. The van der Waals surface area contributed by atoms with Crippen LogP contribution in [0.25, 0.3) is 6.08 Å². The third-order valence-corrected chi connectivity index (χ3v) is 2.06. The molecule has 1 aromatic rings. The summed E-state index contributed by atoms with van der Waals surface area (Å²) in [4.78, 5) is 15.3. The zero-order valence-corrected chi connectivity index (χ0v) is 9.56. The standard InChI is InChI=1S/C12H16N2O2/c1-13-8-4-3-5-11-7-6-10(9-14-11)12(15)16-2/h3,5-7,9,13H,4,8H2,1-2H3. The highest BCUT2D eigenvalue weighted by Crippen LogP contribution is 2.03. The van der Waals surface area contributed by atoms with Crippen LogP contribution in [0.15, 0.2) is 24.4 Å². The highest BCUT2D eigenvalue weighted by atomic mass is 16.5. The summed E-state index contributed by atoms with van der Waals surface area (Å²) < 4.78 is 4.58. The van der Waals surface area contributed by atoms with Gasteiger partial charge in [0.1, 0.15) is 0 Å². The molecule has 4 nitrogen and oxygen atoms in total. The van der Waals surface area contributed by atoms with E-state index < -0.39 is 0 Å². The lowest BCUT2D eigenvalue weighted by molar-refractivity contribution is 0.0600. The van der Waals surface area contributed by atoms with Crippen LogP contribution in [-0.4, -0.2) is 31.7 Å². The Labute approximate surface area is 95.3 Å². The second-order valence-electron chi connectivity index (χ2n) is 3.26. The molecule has 0 amide bonds. The van der Waals surface area contributed by atoms with Crippen LogP contribution >= 0.6 is 0 Å². The van der Waals surface area contributed by atoms with Crippen molar-refractivity contribution in [1.29, 1.82) is 0 Å². The monoisotopic (exact) mass is 220 g/mol. The van der Waals surface area contributed by atoms with E-state index in [9.17, 15) is 4.79 Å². The summed E-state index contributed by atoms with van der Waals surface area (Å²) in [7, 11) is 3.27. The zero-order valence-electron chi connectivity index (χ0n) is 9.56. The minimum Gasteiger partial charge on any atom is -0.465 e. The zero-order chi connectivity index (χ0) is 11.8. The summed E-state index contributed by atoms with van der Waals surface area (Å²) in [5, 5.41) is 3.05. The van der Waals surface area contributed by atoms with Crippen LogP contribution in [0.3, 0.4) is 0 Å². The van der Waals surface area contributed by atoms with Crippen molar-refractivity contribution in [3.05, 3.63) is 35.7 Å². The first-order chi connectivity index (χ1) is 7.77. The molecule has 1 aromatic heterocycles. The number of hydrogen-bond acceptors (Lipinski definition) is 4. The number of nitrogens with zero attached hydrogens (tertiary/aromatic N) is 1. The number of rotatable bonds is 5. The first-order valence-electron chi connectivity index (χ1n) is 5.13. The maximum absolute atomic E-state index is 11.1. The van der Waals surface area contributed by atoms with Gasteiger partial charge in [-0.1, -0.05) is 6.08 Å². The number of carbonyl (C=O) groups excluding carboxylic acids is 1. The van der Waals surface area contributed by atoms with Gasteiger partial charge in [0.15, 0.2) is 0 Å². The van der Waals surface area contributed by atoms with Gasteiger partial charge in [-0.15, -0.1) is 0 Å². The van der Waals surface area contributed by atoms with E-state index in [0.29, 0.717) is 5.56 Å². The highest BCUT2D eigenvalue weighted by molar-refractivity contribution is 5.88. The number of esters is 1. The van der Waals surface area contributed by atoms with Crippen molar-refractivity contribution in [3.63, 3.8) is 0 Å². The molecule has 16 heavy (non-hydrogen) atoms. The molecule has 4 heteroatoms. The van der Waals surface area contributed by atoms with E-state index in [4.69, 9.17) is 0 Å². The summed E-state index contributed by atoms with van der Waals surface area (Å²) in [5.41, 5.74) is 1.30. The first-order valence-corrected chi connectivity index (χ1v) is 5.13. The molecule has 1 heterocycles. The van der Waals surface area contributed by atoms with Gasteiger partial charge in [-0.3, -0.25) is 4.98 Å². The summed E-state index contributed by atoms with van der Waals surface area (Å²) >= 11 is 0. The molecular weight excluding hydrogens is 204 g/mol. The number of nitrogens with one attached hydrogen (secondary N) is 1. The molecule has 0 fully saturated rings. The van der Waals surface area contributed by atoms with E-state index >= 15 is 0 Å². The Morgan fingerprint density at radius 3 is 2.94 bits per heavy atom. The number of pyridine rings is 1. The van der Waals surface area contributed by atoms with Crippen molar-refractivity contribution in [2.75, 3.05) is 20.7 Å².